The van der Waals surface area contributed by atoms with Crippen LogP contribution in [0.2, 0.25) is 0 Å². The van der Waals surface area contributed by atoms with Crippen LogP contribution in [0.4, 0.5) is 17.1 Å². The first-order valence-electron chi connectivity index (χ1n) is 20.8. The van der Waals surface area contributed by atoms with E-state index in [2.05, 4.69) is 228 Å². The molecule has 0 spiro atoms. The van der Waals surface area contributed by atoms with E-state index in [1.165, 1.54) is 49.3 Å². The standard InChI is InChI=1S/C58H38N2O/c1-2-21-46-39(15-1)16-13-26-47(46)41-17-11-19-44(37-41)59(45-20-12-18-42(38-45)49-27-14-28-53-52-25-6-10-32-57(52)61-58(49)53)43-35-33-40(34-36-43)48-22-3-7-29-54(48)60-55-30-8-4-23-50(55)51-24-5-9-31-56(51)60/h1-38H. The average Bonchev–Trinajstić information content (AvgIpc) is 3.88. The van der Waals surface area contributed by atoms with E-state index < -0.39 is 0 Å². The maximum atomic E-state index is 6.53. The first kappa shape index (κ1) is 34.9. The van der Waals surface area contributed by atoms with Gasteiger partial charge in [-0.2, -0.15) is 0 Å². The Balaban J connectivity index is 1.01. The van der Waals surface area contributed by atoms with E-state index in [1.54, 1.807) is 0 Å². The predicted molar refractivity (Wildman–Crippen MR) is 257 cm³/mol. The van der Waals surface area contributed by atoms with Crippen molar-refractivity contribution in [1.82, 2.24) is 4.57 Å². The zero-order chi connectivity index (χ0) is 40.3. The SMILES string of the molecule is c1cc(-c2cccc3ccccc23)cc(N(c2ccc(-c3ccccc3-n3c4ccccc4c4ccccc43)cc2)c2cccc(-c3cccc4c3oc3ccccc34)c2)c1. The quantitative estimate of drug-likeness (QED) is 0.161. The van der Waals surface area contributed by atoms with Crippen molar-refractivity contribution in [3.63, 3.8) is 0 Å². The van der Waals surface area contributed by atoms with Gasteiger partial charge in [0.1, 0.15) is 11.2 Å². The summed E-state index contributed by atoms with van der Waals surface area (Å²) < 4.78 is 8.94. The van der Waals surface area contributed by atoms with E-state index in [-0.39, 0.29) is 0 Å². The highest BCUT2D eigenvalue weighted by Crippen LogP contribution is 2.43. The zero-order valence-electron chi connectivity index (χ0n) is 33.2. The molecule has 0 aliphatic carbocycles. The van der Waals surface area contributed by atoms with Gasteiger partial charge in [0, 0.05) is 49.7 Å². The third kappa shape index (κ3) is 5.82. The van der Waals surface area contributed by atoms with Crippen molar-refractivity contribution in [2.24, 2.45) is 0 Å². The molecule has 0 amide bonds. The number of hydrogen-bond donors (Lipinski definition) is 0. The largest absolute Gasteiger partial charge is 0.455 e. The van der Waals surface area contributed by atoms with Crippen LogP contribution in [0.3, 0.4) is 0 Å². The van der Waals surface area contributed by atoms with Crippen molar-refractivity contribution in [3.05, 3.63) is 231 Å². The fourth-order valence-electron chi connectivity index (χ4n) is 9.41. The first-order valence-corrected chi connectivity index (χ1v) is 20.8. The number of para-hydroxylation sites is 5. The van der Waals surface area contributed by atoms with Gasteiger partial charge in [-0.3, -0.25) is 0 Å². The Morgan fingerprint density at radius 1 is 0.328 bits per heavy atom. The van der Waals surface area contributed by atoms with Crippen LogP contribution in [-0.2, 0) is 0 Å². The van der Waals surface area contributed by atoms with Crippen LogP contribution in [0, 0.1) is 0 Å². The minimum absolute atomic E-state index is 0.896. The smallest absolute Gasteiger partial charge is 0.143 e. The lowest BCUT2D eigenvalue weighted by Gasteiger charge is -2.27. The van der Waals surface area contributed by atoms with Gasteiger partial charge >= 0.3 is 0 Å². The average molecular weight is 779 g/mol. The van der Waals surface area contributed by atoms with E-state index in [9.17, 15) is 0 Å². The van der Waals surface area contributed by atoms with Gasteiger partial charge in [-0.15, -0.1) is 0 Å². The maximum Gasteiger partial charge on any atom is 0.143 e. The molecule has 0 aliphatic rings. The third-order valence-electron chi connectivity index (χ3n) is 12.2. The van der Waals surface area contributed by atoms with Gasteiger partial charge < -0.3 is 13.9 Å². The maximum absolute atomic E-state index is 6.53. The summed E-state index contributed by atoms with van der Waals surface area (Å²) in [6, 6.07) is 82.9. The van der Waals surface area contributed by atoms with Gasteiger partial charge in [0.05, 0.1) is 16.7 Å². The Bertz CT molecular complexity index is 3550. The lowest BCUT2D eigenvalue weighted by Crippen LogP contribution is -2.10. The summed E-state index contributed by atoms with van der Waals surface area (Å²) in [5.74, 6) is 0. The normalized spacial score (nSPS) is 11.6. The van der Waals surface area contributed by atoms with Crippen molar-refractivity contribution in [2.75, 3.05) is 4.90 Å². The van der Waals surface area contributed by atoms with E-state index in [0.717, 1.165) is 61.4 Å². The Morgan fingerprint density at radius 2 is 0.852 bits per heavy atom. The minimum Gasteiger partial charge on any atom is -0.455 e. The molecule has 286 valence electrons. The van der Waals surface area contributed by atoms with Gasteiger partial charge in [-0.25, -0.2) is 0 Å². The van der Waals surface area contributed by atoms with Crippen LogP contribution in [0.5, 0.6) is 0 Å². The molecule has 2 aromatic heterocycles. The molecule has 0 aliphatic heterocycles. The summed E-state index contributed by atoms with van der Waals surface area (Å²) >= 11 is 0. The second-order valence-electron chi connectivity index (χ2n) is 15.7. The molecule has 0 bridgehead atoms. The zero-order valence-corrected chi connectivity index (χ0v) is 33.2. The summed E-state index contributed by atoms with van der Waals surface area (Å²) in [6.45, 7) is 0. The molecule has 0 saturated heterocycles. The number of rotatable bonds is 7. The second kappa shape index (κ2) is 14.3. The molecule has 0 N–H and O–H groups in total. The van der Waals surface area contributed by atoms with Crippen LogP contribution in [0.1, 0.15) is 0 Å². The fraction of sp³-hybridized carbons (Fsp3) is 0. The molecule has 10 aromatic carbocycles. The lowest BCUT2D eigenvalue weighted by atomic mass is 9.97. The summed E-state index contributed by atoms with van der Waals surface area (Å²) in [4.78, 5) is 2.37. The number of hydrogen-bond acceptors (Lipinski definition) is 2. The van der Waals surface area contributed by atoms with Crippen molar-refractivity contribution in [3.8, 4) is 39.1 Å². The molecule has 0 atom stereocenters. The van der Waals surface area contributed by atoms with Crippen molar-refractivity contribution in [2.45, 2.75) is 0 Å². The Morgan fingerprint density at radius 3 is 1.61 bits per heavy atom. The number of fused-ring (bicyclic) bond motifs is 7. The van der Waals surface area contributed by atoms with Gasteiger partial charge in [0.25, 0.3) is 0 Å². The molecule has 3 nitrogen and oxygen atoms in total. The van der Waals surface area contributed by atoms with Crippen LogP contribution >= 0.6 is 0 Å². The summed E-state index contributed by atoms with van der Waals surface area (Å²) in [7, 11) is 0. The molecule has 12 rings (SSSR count). The molecule has 2 heterocycles. The van der Waals surface area contributed by atoms with E-state index in [4.69, 9.17) is 4.42 Å². The third-order valence-corrected chi connectivity index (χ3v) is 12.2. The molecule has 0 unspecified atom stereocenters. The van der Waals surface area contributed by atoms with Crippen molar-refractivity contribution in [1.29, 1.82) is 0 Å². The van der Waals surface area contributed by atoms with E-state index in [1.807, 2.05) is 12.1 Å². The number of furan rings is 1. The van der Waals surface area contributed by atoms with E-state index in [0.29, 0.717) is 0 Å². The summed E-state index contributed by atoms with van der Waals surface area (Å²) in [5, 5.41) is 7.22. The number of nitrogens with zero attached hydrogens (tertiary/aromatic N) is 2. The highest BCUT2D eigenvalue weighted by Gasteiger charge is 2.19. The number of benzene rings is 10. The summed E-state index contributed by atoms with van der Waals surface area (Å²) in [5.41, 5.74) is 15.4. The molecular formula is C58H38N2O. The fourth-order valence-corrected chi connectivity index (χ4v) is 9.41. The topological polar surface area (TPSA) is 21.3 Å². The van der Waals surface area contributed by atoms with Crippen LogP contribution in [-0.4, -0.2) is 4.57 Å². The molecular weight excluding hydrogens is 741 g/mol. The molecule has 0 fully saturated rings. The van der Waals surface area contributed by atoms with Gasteiger partial charge in [-0.1, -0.05) is 170 Å². The Labute approximate surface area is 353 Å². The van der Waals surface area contributed by atoms with E-state index >= 15 is 0 Å². The highest BCUT2D eigenvalue weighted by atomic mass is 16.3. The van der Waals surface area contributed by atoms with Crippen molar-refractivity contribution >= 4 is 71.6 Å². The molecule has 0 saturated carbocycles. The highest BCUT2D eigenvalue weighted by molar-refractivity contribution is 6.11. The molecule has 3 heteroatoms. The molecule has 12 aromatic rings. The van der Waals surface area contributed by atoms with Crippen LogP contribution in [0.15, 0.2) is 235 Å². The number of anilines is 3. The van der Waals surface area contributed by atoms with Gasteiger partial charge in [-0.05, 0) is 93.7 Å². The van der Waals surface area contributed by atoms with Gasteiger partial charge in [0.2, 0.25) is 0 Å². The minimum atomic E-state index is 0.896. The van der Waals surface area contributed by atoms with Crippen LogP contribution < -0.4 is 4.90 Å². The Kier molecular flexibility index (Phi) is 8.17. The molecule has 0 radical (unpaired) electrons. The second-order valence-corrected chi connectivity index (χ2v) is 15.7. The predicted octanol–water partition coefficient (Wildman–Crippen LogP) is 16.3. The number of aromatic nitrogens is 1. The van der Waals surface area contributed by atoms with Gasteiger partial charge in [0.15, 0.2) is 0 Å². The Hall–Kier alpha value is -8.14. The lowest BCUT2D eigenvalue weighted by molar-refractivity contribution is 0.670. The monoisotopic (exact) mass is 778 g/mol. The first-order chi connectivity index (χ1) is 30.3. The van der Waals surface area contributed by atoms with Crippen molar-refractivity contribution < 1.29 is 4.42 Å². The molecule has 61 heavy (non-hydrogen) atoms. The van der Waals surface area contributed by atoms with Crippen LogP contribution in [0.25, 0.3) is 93.6 Å². The summed E-state index contributed by atoms with van der Waals surface area (Å²) in [6.07, 6.45) is 0.